The van der Waals surface area contributed by atoms with Gasteiger partial charge in [-0.25, -0.2) is 0 Å². The van der Waals surface area contributed by atoms with E-state index in [0.717, 1.165) is 17.8 Å². The summed E-state index contributed by atoms with van der Waals surface area (Å²) in [5.74, 6) is 5.32. The molecule has 0 aromatic carbocycles. The smallest absolute Gasteiger partial charge is 0.0176 e. The summed E-state index contributed by atoms with van der Waals surface area (Å²) in [6, 6.07) is 0. The molecule has 1 atom stereocenters. The van der Waals surface area contributed by atoms with Gasteiger partial charge in [0.2, 0.25) is 0 Å². The van der Waals surface area contributed by atoms with Gasteiger partial charge in [-0.05, 0) is 49.4 Å². The van der Waals surface area contributed by atoms with Crippen molar-refractivity contribution in [2.24, 2.45) is 17.8 Å². The van der Waals surface area contributed by atoms with Crippen molar-refractivity contribution in [3.05, 3.63) is 5.92 Å². The molecule has 1 radical (unpaired) electrons. The molecule has 0 saturated heterocycles. The highest BCUT2D eigenvalue weighted by atomic mass is 14.4. The van der Waals surface area contributed by atoms with E-state index in [-0.39, 0.29) is 0 Å². The lowest BCUT2D eigenvalue weighted by molar-refractivity contribution is 0.159. The van der Waals surface area contributed by atoms with E-state index >= 15 is 0 Å². The van der Waals surface area contributed by atoms with Crippen LogP contribution >= 0.6 is 0 Å². The van der Waals surface area contributed by atoms with Crippen LogP contribution in [0.25, 0.3) is 0 Å². The van der Waals surface area contributed by atoms with Gasteiger partial charge in [-0.1, -0.05) is 44.9 Å². The molecule has 3 saturated carbocycles. The molecule has 0 aromatic rings. The number of rotatable bonds is 2. The molecule has 85 valence electrons. The molecule has 1 unspecified atom stereocenters. The van der Waals surface area contributed by atoms with Crippen LogP contribution in [-0.2, 0) is 0 Å². The third-order valence-electron chi connectivity index (χ3n) is 5.31. The highest BCUT2D eigenvalue weighted by molar-refractivity contribution is 5.08. The summed E-state index contributed by atoms with van der Waals surface area (Å²) < 4.78 is 0. The van der Waals surface area contributed by atoms with Crippen LogP contribution in [0.5, 0.6) is 0 Å². The molecule has 0 aliphatic heterocycles. The van der Waals surface area contributed by atoms with Gasteiger partial charge < -0.3 is 0 Å². The summed E-state index contributed by atoms with van der Waals surface area (Å²) in [6.45, 7) is 0. The molecule has 0 heterocycles. The van der Waals surface area contributed by atoms with Gasteiger partial charge in [0, 0.05) is 0 Å². The molecule has 0 bridgehead atoms. The van der Waals surface area contributed by atoms with Crippen molar-refractivity contribution in [1.82, 2.24) is 0 Å². The molecular formula is C15H25. The first-order valence-corrected chi connectivity index (χ1v) is 7.31. The molecule has 0 spiro atoms. The Bertz CT molecular complexity index is 198. The van der Waals surface area contributed by atoms with Crippen LogP contribution in [0.3, 0.4) is 0 Å². The average molecular weight is 205 g/mol. The Morgan fingerprint density at radius 2 is 1.40 bits per heavy atom. The van der Waals surface area contributed by atoms with E-state index in [0.29, 0.717) is 0 Å². The third kappa shape index (κ3) is 1.97. The fourth-order valence-electron chi connectivity index (χ4n) is 4.25. The van der Waals surface area contributed by atoms with Gasteiger partial charge in [-0.15, -0.1) is 0 Å². The largest absolute Gasteiger partial charge is 0.0530 e. The Hall–Kier alpha value is 0. The summed E-state index contributed by atoms with van der Waals surface area (Å²) in [6.07, 6.45) is 16.9. The van der Waals surface area contributed by atoms with Gasteiger partial charge in [0.25, 0.3) is 0 Å². The molecule has 15 heavy (non-hydrogen) atoms. The van der Waals surface area contributed by atoms with Crippen molar-refractivity contribution in [2.75, 3.05) is 0 Å². The highest BCUT2D eigenvalue weighted by Gasteiger charge is 2.39. The van der Waals surface area contributed by atoms with Gasteiger partial charge in [0.15, 0.2) is 0 Å². The minimum atomic E-state index is 1.07. The monoisotopic (exact) mass is 205 g/mol. The van der Waals surface area contributed by atoms with Gasteiger partial charge >= 0.3 is 0 Å². The molecule has 0 heteroatoms. The summed E-state index contributed by atoms with van der Waals surface area (Å²) in [5, 5.41) is 0. The van der Waals surface area contributed by atoms with Crippen molar-refractivity contribution in [2.45, 2.75) is 70.6 Å². The second-order valence-corrected chi connectivity index (χ2v) is 6.10. The van der Waals surface area contributed by atoms with E-state index in [1.165, 1.54) is 38.5 Å². The lowest BCUT2D eigenvalue weighted by Gasteiger charge is -2.43. The lowest BCUT2D eigenvalue weighted by atomic mass is 9.62. The molecule has 0 nitrogen and oxygen atoms in total. The minimum absolute atomic E-state index is 1.07. The molecule has 0 amide bonds. The SMILES string of the molecule is C1CCC(C2CCC2)[C](C2CCCC2)C1. The van der Waals surface area contributed by atoms with Crippen molar-refractivity contribution in [1.29, 1.82) is 0 Å². The second-order valence-electron chi connectivity index (χ2n) is 6.10. The maximum atomic E-state index is 2.04. The average Bonchev–Trinajstić information content (AvgIpc) is 2.69. The maximum absolute atomic E-state index is 2.04. The zero-order chi connectivity index (χ0) is 10.1. The summed E-state index contributed by atoms with van der Waals surface area (Å²) >= 11 is 0. The van der Waals surface area contributed by atoms with Gasteiger partial charge in [-0.2, -0.15) is 0 Å². The molecule has 0 N–H and O–H groups in total. The summed E-state index contributed by atoms with van der Waals surface area (Å²) in [7, 11) is 0. The van der Waals surface area contributed by atoms with E-state index < -0.39 is 0 Å². The van der Waals surface area contributed by atoms with Crippen molar-refractivity contribution >= 4 is 0 Å². The quantitative estimate of drug-likeness (QED) is 0.610. The van der Waals surface area contributed by atoms with Crippen LogP contribution in [0.4, 0.5) is 0 Å². The van der Waals surface area contributed by atoms with E-state index in [2.05, 4.69) is 0 Å². The van der Waals surface area contributed by atoms with Gasteiger partial charge in [0.05, 0.1) is 0 Å². The normalized spacial score (nSPS) is 35.6. The van der Waals surface area contributed by atoms with Crippen LogP contribution in [0.1, 0.15) is 70.6 Å². The fraction of sp³-hybridized carbons (Fsp3) is 0.933. The predicted octanol–water partition coefficient (Wildman–Crippen LogP) is 4.74. The minimum Gasteiger partial charge on any atom is -0.0530 e. The third-order valence-corrected chi connectivity index (χ3v) is 5.31. The molecule has 3 aliphatic carbocycles. The Kier molecular flexibility index (Phi) is 3.03. The zero-order valence-electron chi connectivity index (χ0n) is 10.0. The first-order chi connectivity index (χ1) is 7.45. The molecular weight excluding hydrogens is 180 g/mol. The zero-order valence-corrected chi connectivity index (χ0v) is 10.0. The van der Waals surface area contributed by atoms with Crippen molar-refractivity contribution in [3.8, 4) is 0 Å². The van der Waals surface area contributed by atoms with Crippen LogP contribution in [-0.4, -0.2) is 0 Å². The van der Waals surface area contributed by atoms with Gasteiger partial charge in [-0.3, -0.25) is 0 Å². The van der Waals surface area contributed by atoms with Crippen LogP contribution in [0.2, 0.25) is 0 Å². The molecule has 3 rings (SSSR count). The molecule has 0 aromatic heterocycles. The van der Waals surface area contributed by atoms with E-state index in [4.69, 9.17) is 0 Å². The van der Waals surface area contributed by atoms with Crippen LogP contribution in [0.15, 0.2) is 0 Å². The predicted molar refractivity (Wildman–Crippen MR) is 64.5 cm³/mol. The van der Waals surface area contributed by atoms with Crippen molar-refractivity contribution < 1.29 is 0 Å². The van der Waals surface area contributed by atoms with Crippen molar-refractivity contribution in [3.63, 3.8) is 0 Å². The van der Waals surface area contributed by atoms with E-state index in [1.807, 2.05) is 5.92 Å². The first kappa shape index (κ1) is 10.2. The number of hydrogen-bond acceptors (Lipinski definition) is 0. The second kappa shape index (κ2) is 4.47. The van der Waals surface area contributed by atoms with Crippen LogP contribution in [0, 0.1) is 23.7 Å². The fourth-order valence-corrected chi connectivity index (χ4v) is 4.25. The van der Waals surface area contributed by atoms with E-state index in [9.17, 15) is 0 Å². The summed E-state index contributed by atoms with van der Waals surface area (Å²) in [5.41, 5.74) is 0. The van der Waals surface area contributed by atoms with Crippen LogP contribution < -0.4 is 0 Å². The summed E-state index contributed by atoms with van der Waals surface area (Å²) in [4.78, 5) is 0. The standard InChI is InChI=1S/C15H25/c1-2-7-12(6-1)14-10-3-4-11-15(14)13-8-5-9-13/h12-13,15H,1-11H2. The molecule has 3 fully saturated rings. The highest BCUT2D eigenvalue weighted by Crippen LogP contribution is 2.50. The number of hydrogen-bond donors (Lipinski definition) is 0. The maximum Gasteiger partial charge on any atom is -0.0176 e. The van der Waals surface area contributed by atoms with E-state index in [1.54, 1.807) is 32.1 Å². The topological polar surface area (TPSA) is 0 Å². The first-order valence-electron chi connectivity index (χ1n) is 7.31. The Labute approximate surface area is 94.8 Å². The Balaban J connectivity index is 1.65. The Morgan fingerprint density at radius 1 is 0.667 bits per heavy atom. The lowest BCUT2D eigenvalue weighted by Crippen LogP contribution is -2.32. The Morgan fingerprint density at radius 3 is 2.07 bits per heavy atom. The van der Waals surface area contributed by atoms with Gasteiger partial charge in [0.1, 0.15) is 0 Å². The molecule has 3 aliphatic rings.